The van der Waals surface area contributed by atoms with Gasteiger partial charge in [0.25, 0.3) is 0 Å². The van der Waals surface area contributed by atoms with E-state index in [1.165, 1.54) is 0 Å². The quantitative estimate of drug-likeness (QED) is 0.0746. The number of nitrogens with zero attached hydrogens (tertiary/aromatic N) is 1. The average Bonchev–Trinajstić information content (AvgIpc) is 2.94. The molecule has 0 fully saturated rings. The predicted molar refractivity (Wildman–Crippen MR) is 146 cm³/mol. The second-order valence-electron chi connectivity index (χ2n) is 8.37. The van der Waals surface area contributed by atoms with E-state index in [2.05, 4.69) is 0 Å². The summed E-state index contributed by atoms with van der Waals surface area (Å²) in [4.78, 5) is 18.3. The highest BCUT2D eigenvalue weighted by Crippen LogP contribution is 2.54. The Hall–Kier alpha value is -4.39. The first kappa shape index (κ1) is 26.7. The molecule has 0 spiro atoms. The van der Waals surface area contributed by atoms with Gasteiger partial charge in [0.2, 0.25) is 6.41 Å². The largest absolute Gasteiger partial charge is 0.456 e. The highest BCUT2D eigenvalue weighted by molar-refractivity contribution is 7.55. The number of carbonyl (C=O) groups is 1. The molecule has 38 heavy (non-hydrogen) atoms. The molecular weight excluding hydrogens is 501 g/mol. The van der Waals surface area contributed by atoms with E-state index >= 15 is 0 Å². The van der Waals surface area contributed by atoms with E-state index < -0.39 is 13.4 Å². The van der Waals surface area contributed by atoms with Gasteiger partial charge in [0.15, 0.2) is 5.78 Å². The molecule has 1 unspecified atom stereocenters. The van der Waals surface area contributed by atoms with E-state index in [1.807, 2.05) is 42.5 Å². The van der Waals surface area contributed by atoms with Gasteiger partial charge in [-0.25, -0.2) is 9.63 Å². The van der Waals surface area contributed by atoms with Crippen LogP contribution in [0.3, 0.4) is 0 Å². The first-order valence-corrected chi connectivity index (χ1v) is 13.5. The van der Waals surface area contributed by atoms with Crippen molar-refractivity contribution in [3.05, 3.63) is 132 Å². The number of benzene rings is 4. The van der Waals surface area contributed by atoms with Crippen LogP contribution >= 0.6 is 7.60 Å². The Labute approximate surface area is 221 Å². The summed E-state index contributed by atoms with van der Waals surface area (Å²) in [6.07, 6.45) is 0.551. The molecule has 194 valence electrons. The molecule has 0 bridgehead atoms. The van der Waals surface area contributed by atoms with Crippen molar-refractivity contribution in [2.75, 3.05) is 0 Å². The number of para-hydroxylation sites is 2. The maximum absolute atomic E-state index is 14.7. The SMILES string of the molecule is N=C(N)c1ccc(CC(N(C=O)OCc2ccccc2)P(=O)(Oc2ccccc2)Oc2ccccc2)cc1. The Bertz CT molecular complexity index is 1320. The molecule has 0 heterocycles. The van der Waals surface area contributed by atoms with Gasteiger partial charge in [-0.1, -0.05) is 91.0 Å². The molecule has 0 radical (unpaired) electrons. The molecule has 4 aromatic rings. The third-order valence-electron chi connectivity index (χ3n) is 5.62. The van der Waals surface area contributed by atoms with Gasteiger partial charge in [0, 0.05) is 12.0 Å². The molecule has 0 aliphatic heterocycles. The van der Waals surface area contributed by atoms with E-state index in [-0.39, 0.29) is 18.9 Å². The van der Waals surface area contributed by atoms with Crippen molar-refractivity contribution in [1.29, 1.82) is 5.41 Å². The number of amidine groups is 1. The lowest BCUT2D eigenvalue weighted by Gasteiger charge is -2.33. The highest BCUT2D eigenvalue weighted by Gasteiger charge is 2.44. The van der Waals surface area contributed by atoms with Crippen LogP contribution < -0.4 is 14.8 Å². The predicted octanol–water partition coefficient (Wildman–Crippen LogP) is 5.78. The molecule has 4 rings (SSSR count). The number of nitrogens with two attached hydrogens (primary N) is 1. The van der Waals surface area contributed by atoms with Crippen LogP contribution in [0.2, 0.25) is 0 Å². The number of nitrogens with one attached hydrogen (secondary N) is 1. The van der Waals surface area contributed by atoms with E-state index in [1.54, 1.807) is 72.8 Å². The average molecular weight is 530 g/mol. The molecule has 3 N–H and O–H groups in total. The van der Waals surface area contributed by atoms with Gasteiger partial charge in [-0.05, 0) is 35.4 Å². The fraction of sp³-hybridized carbons (Fsp3) is 0.103. The van der Waals surface area contributed by atoms with Gasteiger partial charge in [-0.3, -0.25) is 15.0 Å². The molecule has 1 amide bonds. The first-order valence-electron chi connectivity index (χ1n) is 11.9. The minimum absolute atomic E-state index is 0.0655. The summed E-state index contributed by atoms with van der Waals surface area (Å²) in [6, 6.07) is 33.5. The Morgan fingerprint density at radius 3 is 1.76 bits per heavy atom. The van der Waals surface area contributed by atoms with Crippen molar-refractivity contribution in [2.45, 2.75) is 18.8 Å². The minimum Gasteiger partial charge on any atom is -0.415 e. The maximum atomic E-state index is 14.7. The molecule has 0 aliphatic carbocycles. The fourth-order valence-corrected chi connectivity index (χ4v) is 5.63. The Kier molecular flexibility index (Phi) is 8.93. The van der Waals surface area contributed by atoms with Gasteiger partial charge >= 0.3 is 7.60 Å². The number of nitrogen functional groups attached to an aromatic ring is 1. The zero-order chi connectivity index (χ0) is 26.8. The van der Waals surface area contributed by atoms with Crippen LogP contribution in [0.1, 0.15) is 16.7 Å². The summed E-state index contributed by atoms with van der Waals surface area (Å²) in [6.45, 7) is 0.0655. The summed E-state index contributed by atoms with van der Waals surface area (Å²) in [5, 5.41) is 8.65. The number of carbonyl (C=O) groups excluding carboxylic acids is 1. The van der Waals surface area contributed by atoms with Crippen molar-refractivity contribution in [1.82, 2.24) is 5.06 Å². The molecule has 0 saturated carbocycles. The van der Waals surface area contributed by atoms with Crippen LogP contribution in [0.15, 0.2) is 115 Å². The zero-order valence-corrected chi connectivity index (χ0v) is 21.4. The molecule has 0 saturated heterocycles. The van der Waals surface area contributed by atoms with Crippen molar-refractivity contribution in [3.63, 3.8) is 0 Å². The summed E-state index contributed by atoms with van der Waals surface area (Å²) in [7, 11) is -4.16. The molecule has 9 heteroatoms. The van der Waals surface area contributed by atoms with E-state index in [0.717, 1.165) is 10.6 Å². The van der Waals surface area contributed by atoms with Gasteiger partial charge in [-0.2, -0.15) is 0 Å². The second-order valence-corrected chi connectivity index (χ2v) is 10.4. The normalized spacial score (nSPS) is 11.8. The Morgan fingerprint density at radius 1 is 0.789 bits per heavy atom. The van der Waals surface area contributed by atoms with Crippen LogP contribution in [0, 0.1) is 5.41 Å². The van der Waals surface area contributed by atoms with E-state index in [4.69, 9.17) is 25.0 Å². The van der Waals surface area contributed by atoms with Gasteiger partial charge in [0.1, 0.15) is 23.9 Å². The third kappa shape index (κ3) is 7.09. The molecule has 4 aromatic carbocycles. The maximum Gasteiger partial charge on any atom is 0.456 e. The van der Waals surface area contributed by atoms with Crippen LogP contribution in [-0.4, -0.2) is 23.1 Å². The standard InChI is InChI=1S/C29H28N3O5P/c30-29(31)25-18-16-23(17-19-25)20-28(32(22-33)35-21-24-10-4-1-5-11-24)38(34,36-26-12-6-2-7-13-26)37-27-14-8-3-9-15-27/h1-19,22,28H,20-21H2,(H3,30,31). The summed E-state index contributed by atoms with van der Waals surface area (Å²) in [5.41, 5.74) is 7.68. The molecular formula is C29H28N3O5P. The number of hydrogen-bond acceptors (Lipinski definition) is 6. The van der Waals surface area contributed by atoms with Crippen molar-refractivity contribution < 1.29 is 23.2 Å². The number of rotatable bonds is 13. The van der Waals surface area contributed by atoms with Gasteiger partial charge < -0.3 is 14.8 Å². The van der Waals surface area contributed by atoms with Crippen molar-refractivity contribution in [3.8, 4) is 11.5 Å². The topological polar surface area (TPSA) is 115 Å². The van der Waals surface area contributed by atoms with Crippen molar-refractivity contribution in [2.24, 2.45) is 5.73 Å². The van der Waals surface area contributed by atoms with Gasteiger partial charge in [0.05, 0.1) is 0 Å². The molecule has 0 aromatic heterocycles. The van der Waals surface area contributed by atoms with Crippen LogP contribution in [-0.2, 0) is 27.2 Å². The minimum atomic E-state index is -4.16. The van der Waals surface area contributed by atoms with E-state index in [9.17, 15) is 9.36 Å². The fourth-order valence-electron chi connectivity index (χ4n) is 3.68. The lowest BCUT2D eigenvalue weighted by molar-refractivity contribution is -0.184. The molecule has 1 atom stereocenters. The Balaban J connectivity index is 1.73. The second kappa shape index (κ2) is 12.7. The highest BCUT2D eigenvalue weighted by atomic mass is 31.2. The first-order chi connectivity index (χ1) is 18.5. The zero-order valence-electron chi connectivity index (χ0n) is 20.6. The number of hydrogen-bond donors (Lipinski definition) is 2. The number of amides is 1. The third-order valence-corrected chi connectivity index (χ3v) is 7.69. The summed E-state index contributed by atoms with van der Waals surface area (Å²) >= 11 is 0. The van der Waals surface area contributed by atoms with E-state index in [0.29, 0.717) is 29.0 Å². The smallest absolute Gasteiger partial charge is 0.415 e. The van der Waals surface area contributed by atoms with Crippen molar-refractivity contribution >= 4 is 19.8 Å². The summed E-state index contributed by atoms with van der Waals surface area (Å²) < 4.78 is 26.7. The molecule has 8 nitrogen and oxygen atoms in total. The van der Waals surface area contributed by atoms with Gasteiger partial charge in [-0.15, -0.1) is 0 Å². The molecule has 0 aliphatic rings. The Morgan fingerprint density at radius 2 is 1.29 bits per heavy atom. The lowest BCUT2D eigenvalue weighted by Crippen LogP contribution is -2.38. The lowest BCUT2D eigenvalue weighted by atomic mass is 10.1. The number of hydroxylamine groups is 2. The summed E-state index contributed by atoms with van der Waals surface area (Å²) in [5.74, 6) is -0.596. The van der Waals surface area contributed by atoms with Crippen LogP contribution in [0.5, 0.6) is 11.5 Å². The monoisotopic (exact) mass is 529 g/mol. The van der Waals surface area contributed by atoms with Crippen LogP contribution in [0.25, 0.3) is 0 Å². The van der Waals surface area contributed by atoms with Crippen LogP contribution in [0.4, 0.5) is 0 Å².